The smallest absolute Gasteiger partial charge is 0.164 e. The van der Waals surface area contributed by atoms with Crippen LogP contribution in [0.3, 0.4) is 0 Å². The number of rotatable bonds is 3. The molecule has 0 aliphatic carbocycles. The van der Waals surface area contributed by atoms with Crippen LogP contribution >= 0.6 is 0 Å². The molecule has 0 bridgehead atoms. The van der Waals surface area contributed by atoms with Crippen molar-refractivity contribution in [2.24, 2.45) is 0 Å². The van der Waals surface area contributed by atoms with Gasteiger partial charge in [-0.05, 0) is 37.2 Å². The van der Waals surface area contributed by atoms with Crippen LogP contribution in [-0.4, -0.2) is 7.05 Å². The Morgan fingerprint density at radius 1 is 0.900 bits per heavy atom. The van der Waals surface area contributed by atoms with Crippen LogP contribution in [0.15, 0.2) is 30.3 Å². The van der Waals surface area contributed by atoms with Crippen molar-refractivity contribution in [1.82, 2.24) is 5.32 Å². The maximum absolute atomic E-state index is 14.0. The van der Waals surface area contributed by atoms with Crippen LogP contribution in [0.5, 0.6) is 0 Å². The van der Waals surface area contributed by atoms with Gasteiger partial charge in [-0.2, -0.15) is 0 Å². The Kier molecular flexibility index (Phi) is 4.09. The first-order valence-corrected chi connectivity index (χ1v) is 6.02. The molecule has 0 aliphatic heterocycles. The molecule has 2 aromatic rings. The number of hydrogen-bond donors (Lipinski definition) is 1. The molecule has 0 amide bonds. The third-order valence-electron chi connectivity index (χ3n) is 3.18. The summed E-state index contributed by atoms with van der Waals surface area (Å²) in [4.78, 5) is 0. The van der Waals surface area contributed by atoms with Gasteiger partial charge in [0.25, 0.3) is 0 Å². The van der Waals surface area contributed by atoms with E-state index < -0.39 is 29.3 Å². The SMILES string of the molecule is CNC(c1ccc(F)c(F)c1)c1ccc(C)c(F)c1F. The minimum atomic E-state index is -1.03. The summed E-state index contributed by atoms with van der Waals surface area (Å²) in [6.45, 7) is 1.45. The van der Waals surface area contributed by atoms with E-state index in [0.717, 1.165) is 12.1 Å². The number of halogens is 4. The molecule has 0 aromatic heterocycles. The Hall–Kier alpha value is -1.88. The van der Waals surface area contributed by atoms with Gasteiger partial charge in [-0.15, -0.1) is 0 Å². The Labute approximate surface area is 114 Å². The second-order valence-corrected chi connectivity index (χ2v) is 4.49. The van der Waals surface area contributed by atoms with Gasteiger partial charge in [0.2, 0.25) is 0 Å². The van der Waals surface area contributed by atoms with Crippen molar-refractivity contribution in [3.63, 3.8) is 0 Å². The monoisotopic (exact) mass is 283 g/mol. The summed E-state index contributed by atoms with van der Waals surface area (Å²) in [6.07, 6.45) is 0. The molecule has 0 spiro atoms. The molecule has 2 rings (SSSR count). The Bertz CT molecular complexity index is 640. The third kappa shape index (κ3) is 2.54. The Morgan fingerprint density at radius 3 is 2.20 bits per heavy atom. The topological polar surface area (TPSA) is 12.0 Å². The summed E-state index contributed by atoms with van der Waals surface area (Å²) in [5.41, 5.74) is 0.543. The molecule has 2 aromatic carbocycles. The molecule has 1 unspecified atom stereocenters. The van der Waals surface area contributed by atoms with E-state index in [2.05, 4.69) is 5.32 Å². The van der Waals surface area contributed by atoms with Crippen molar-refractivity contribution in [2.45, 2.75) is 13.0 Å². The normalized spacial score (nSPS) is 12.5. The lowest BCUT2D eigenvalue weighted by molar-refractivity contribution is 0.480. The van der Waals surface area contributed by atoms with Crippen molar-refractivity contribution in [1.29, 1.82) is 0 Å². The first-order chi connectivity index (χ1) is 9.45. The van der Waals surface area contributed by atoms with Gasteiger partial charge in [-0.25, -0.2) is 17.6 Å². The first-order valence-electron chi connectivity index (χ1n) is 6.02. The van der Waals surface area contributed by atoms with Crippen molar-refractivity contribution in [3.8, 4) is 0 Å². The molecule has 20 heavy (non-hydrogen) atoms. The molecule has 0 fully saturated rings. The standard InChI is InChI=1S/C15H13F4N/c1-8-3-5-10(14(19)13(8)18)15(20-2)9-4-6-11(16)12(17)7-9/h3-7,15,20H,1-2H3. The molecular weight excluding hydrogens is 270 g/mol. The highest BCUT2D eigenvalue weighted by Gasteiger charge is 2.20. The molecule has 0 aliphatic rings. The fourth-order valence-corrected chi connectivity index (χ4v) is 2.08. The molecule has 0 radical (unpaired) electrons. The van der Waals surface area contributed by atoms with Crippen molar-refractivity contribution >= 4 is 0 Å². The summed E-state index contributed by atoms with van der Waals surface area (Å²) in [5, 5.41) is 2.77. The van der Waals surface area contributed by atoms with Crippen LogP contribution in [0, 0.1) is 30.2 Å². The lowest BCUT2D eigenvalue weighted by Crippen LogP contribution is -2.20. The summed E-state index contributed by atoms with van der Waals surface area (Å²) >= 11 is 0. The summed E-state index contributed by atoms with van der Waals surface area (Å²) < 4.78 is 53.8. The molecule has 1 nitrogen and oxygen atoms in total. The van der Waals surface area contributed by atoms with E-state index in [4.69, 9.17) is 0 Å². The molecule has 0 saturated carbocycles. The van der Waals surface area contributed by atoms with E-state index in [1.807, 2.05) is 0 Å². The maximum Gasteiger partial charge on any atom is 0.164 e. The van der Waals surface area contributed by atoms with Crippen molar-refractivity contribution < 1.29 is 17.6 Å². The van der Waals surface area contributed by atoms with Crippen LogP contribution in [0.4, 0.5) is 17.6 Å². The second-order valence-electron chi connectivity index (χ2n) is 4.49. The van der Waals surface area contributed by atoms with E-state index in [0.29, 0.717) is 5.56 Å². The van der Waals surface area contributed by atoms with E-state index >= 15 is 0 Å². The van der Waals surface area contributed by atoms with Gasteiger partial charge in [-0.3, -0.25) is 0 Å². The van der Waals surface area contributed by atoms with Crippen LogP contribution in [-0.2, 0) is 0 Å². The quantitative estimate of drug-likeness (QED) is 0.843. The van der Waals surface area contributed by atoms with E-state index in [9.17, 15) is 17.6 Å². The minimum Gasteiger partial charge on any atom is -0.309 e. The van der Waals surface area contributed by atoms with Gasteiger partial charge in [-0.1, -0.05) is 18.2 Å². The zero-order chi connectivity index (χ0) is 14.9. The van der Waals surface area contributed by atoms with E-state index in [-0.39, 0.29) is 11.1 Å². The first kappa shape index (κ1) is 14.5. The molecule has 0 saturated heterocycles. The average molecular weight is 283 g/mol. The van der Waals surface area contributed by atoms with Gasteiger partial charge in [0.1, 0.15) is 0 Å². The minimum absolute atomic E-state index is 0.0432. The summed E-state index contributed by atoms with van der Waals surface area (Å²) in [6, 6.07) is 5.36. The Balaban J connectivity index is 2.52. The Morgan fingerprint density at radius 2 is 1.60 bits per heavy atom. The van der Waals surface area contributed by atoms with Gasteiger partial charge in [0, 0.05) is 5.56 Å². The lowest BCUT2D eigenvalue weighted by atomic mass is 9.97. The number of nitrogens with one attached hydrogen (secondary N) is 1. The van der Waals surface area contributed by atoms with Crippen molar-refractivity contribution in [3.05, 3.63) is 70.3 Å². The molecule has 1 atom stereocenters. The molecule has 5 heteroatoms. The van der Waals surface area contributed by atoms with E-state index in [1.165, 1.54) is 32.2 Å². The second kappa shape index (κ2) is 5.63. The molecule has 1 N–H and O–H groups in total. The van der Waals surface area contributed by atoms with Crippen LogP contribution < -0.4 is 5.32 Å². The number of hydrogen-bond acceptors (Lipinski definition) is 1. The fourth-order valence-electron chi connectivity index (χ4n) is 2.08. The van der Waals surface area contributed by atoms with Gasteiger partial charge >= 0.3 is 0 Å². The highest BCUT2D eigenvalue weighted by Crippen LogP contribution is 2.27. The predicted molar refractivity (Wildman–Crippen MR) is 68.4 cm³/mol. The van der Waals surface area contributed by atoms with Crippen LogP contribution in [0.2, 0.25) is 0 Å². The number of aryl methyl sites for hydroxylation is 1. The van der Waals surface area contributed by atoms with Crippen LogP contribution in [0.1, 0.15) is 22.7 Å². The summed E-state index contributed by atoms with van der Waals surface area (Å²) in [5.74, 6) is -3.95. The molecule has 106 valence electrons. The molecular formula is C15H13F4N. The predicted octanol–water partition coefficient (Wildman–Crippen LogP) is 3.86. The molecule has 0 heterocycles. The van der Waals surface area contributed by atoms with E-state index in [1.54, 1.807) is 0 Å². The van der Waals surface area contributed by atoms with Crippen LogP contribution in [0.25, 0.3) is 0 Å². The van der Waals surface area contributed by atoms with Gasteiger partial charge in [0.05, 0.1) is 6.04 Å². The van der Waals surface area contributed by atoms with Crippen molar-refractivity contribution in [2.75, 3.05) is 7.05 Å². The maximum atomic E-state index is 14.0. The zero-order valence-electron chi connectivity index (χ0n) is 11.0. The van der Waals surface area contributed by atoms with Gasteiger partial charge in [0.15, 0.2) is 23.3 Å². The average Bonchev–Trinajstić information content (AvgIpc) is 2.43. The zero-order valence-corrected chi connectivity index (χ0v) is 11.0. The lowest BCUT2D eigenvalue weighted by Gasteiger charge is -2.19. The highest BCUT2D eigenvalue weighted by atomic mass is 19.2. The largest absolute Gasteiger partial charge is 0.309 e. The number of benzene rings is 2. The van der Waals surface area contributed by atoms with Gasteiger partial charge < -0.3 is 5.32 Å². The summed E-state index contributed by atoms with van der Waals surface area (Å²) in [7, 11) is 1.53. The fraction of sp³-hybridized carbons (Fsp3) is 0.200. The highest BCUT2D eigenvalue weighted by molar-refractivity contribution is 5.35. The third-order valence-corrected chi connectivity index (χ3v) is 3.18.